The molecule has 0 bridgehead atoms. The average molecular weight is 286 g/mol. The number of nitrogens with zero attached hydrogens (tertiary/aromatic N) is 1. The van der Waals surface area contributed by atoms with Crippen molar-refractivity contribution in [3.8, 4) is 0 Å². The summed E-state index contributed by atoms with van der Waals surface area (Å²) in [6.07, 6.45) is 3.02. The van der Waals surface area contributed by atoms with Crippen LogP contribution in [0.2, 0.25) is 0 Å². The minimum atomic E-state index is 0.198. The molecule has 0 aromatic heterocycles. The average Bonchev–Trinajstić information content (AvgIpc) is 2.38. The van der Waals surface area contributed by atoms with Crippen LogP contribution in [-0.2, 0) is 9.53 Å². The van der Waals surface area contributed by atoms with Gasteiger partial charge in [-0.2, -0.15) is 11.8 Å². The maximum absolute atomic E-state index is 12.2. The molecule has 0 saturated carbocycles. The molecule has 4 nitrogen and oxygen atoms in total. The van der Waals surface area contributed by atoms with Crippen molar-refractivity contribution < 1.29 is 9.53 Å². The van der Waals surface area contributed by atoms with Gasteiger partial charge in [0.05, 0.1) is 19.1 Å². The zero-order valence-electron chi connectivity index (χ0n) is 12.1. The summed E-state index contributed by atoms with van der Waals surface area (Å²) in [5.74, 6) is 1.30. The van der Waals surface area contributed by atoms with Crippen LogP contribution in [0.15, 0.2) is 0 Å². The van der Waals surface area contributed by atoms with Crippen molar-refractivity contribution in [3.63, 3.8) is 0 Å². The number of piperidine rings is 1. The van der Waals surface area contributed by atoms with Crippen LogP contribution in [-0.4, -0.2) is 60.2 Å². The van der Waals surface area contributed by atoms with E-state index in [-0.39, 0.29) is 10.7 Å². The molecule has 2 fully saturated rings. The Morgan fingerprint density at radius 3 is 2.84 bits per heavy atom. The molecule has 0 spiro atoms. The highest BCUT2D eigenvalue weighted by molar-refractivity contribution is 8.00. The van der Waals surface area contributed by atoms with Gasteiger partial charge in [-0.05, 0) is 39.8 Å². The van der Waals surface area contributed by atoms with E-state index in [9.17, 15) is 4.79 Å². The lowest BCUT2D eigenvalue weighted by Crippen LogP contribution is -2.46. The first-order chi connectivity index (χ1) is 9.07. The van der Waals surface area contributed by atoms with Crippen LogP contribution in [0.5, 0.6) is 0 Å². The molecule has 110 valence electrons. The molecule has 0 unspecified atom stereocenters. The van der Waals surface area contributed by atoms with Gasteiger partial charge in [-0.15, -0.1) is 0 Å². The maximum atomic E-state index is 12.2. The fourth-order valence-corrected chi connectivity index (χ4v) is 3.77. The van der Waals surface area contributed by atoms with Crippen molar-refractivity contribution in [2.75, 3.05) is 38.5 Å². The third-order valence-corrected chi connectivity index (χ3v) is 5.03. The van der Waals surface area contributed by atoms with Gasteiger partial charge in [-0.1, -0.05) is 0 Å². The van der Waals surface area contributed by atoms with Gasteiger partial charge in [0.1, 0.15) is 0 Å². The molecule has 19 heavy (non-hydrogen) atoms. The Hall–Kier alpha value is -0.260. The van der Waals surface area contributed by atoms with Crippen molar-refractivity contribution >= 4 is 17.7 Å². The molecule has 1 N–H and O–H groups in total. The number of thioether (sulfide) groups is 1. The van der Waals surface area contributed by atoms with Crippen LogP contribution in [0.3, 0.4) is 0 Å². The summed E-state index contributed by atoms with van der Waals surface area (Å²) in [4.78, 5) is 14.2. The minimum absolute atomic E-state index is 0.198. The van der Waals surface area contributed by atoms with Gasteiger partial charge >= 0.3 is 0 Å². The van der Waals surface area contributed by atoms with E-state index in [1.165, 1.54) is 0 Å². The maximum Gasteiger partial charge on any atom is 0.224 e. The number of carbonyl (C=O) groups is 1. The lowest BCUT2D eigenvalue weighted by Gasteiger charge is -2.37. The summed E-state index contributed by atoms with van der Waals surface area (Å²) in [5.41, 5.74) is 0. The fraction of sp³-hybridized carbons (Fsp3) is 0.929. The number of hydrogen-bond donors (Lipinski definition) is 1. The normalized spacial score (nSPS) is 24.4. The van der Waals surface area contributed by atoms with E-state index >= 15 is 0 Å². The number of amides is 1. The highest BCUT2D eigenvalue weighted by atomic mass is 32.2. The van der Waals surface area contributed by atoms with Crippen molar-refractivity contribution in [2.24, 2.45) is 0 Å². The Bertz CT molecular complexity index is 304. The number of hydrogen-bond acceptors (Lipinski definition) is 4. The van der Waals surface area contributed by atoms with E-state index in [0.29, 0.717) is 19.1 Å². The van der Waals surface area contributed by atoms with Gasteiger partial charge in [0.15, 0.2) is 0 Å². The van der Waals surface area contributed by atoms with E-state index in [4.69, 9.17) is 4.74 Å². The first-order valence-electron chi connectivity index (χ1n) is 7.31. The molecule has 2 saturated heterocycles. The second kappa shape index (κ2) is 6.95. The van der Waals surface area contributed by atoms with Crippen LogP contribution >= 0.6 is 11.8 Å². The predicted molar refractivity (Wildman–Crippen MR) is 79.6 cm³/mol. The Morgan fingerprint density at radius 2 is 2.16 bits per heavy atom. The Labute approximate surface area is 120 Å². The zero-order chi connectivity index (χ0) is 13.7. The summed E-state index contributed by atoms with van der Waals surface area (Å²) in [6, 6.07) is 0. The first kappa shape index (κ1) is 15.1. The van der Waals surface area contributed by atoms with E-state index in [1.807, 2.05) is 16.7 Å². The number of carbonyl (C=O) groups excluding carboxylic acids is 1. The molecule has 0 aliphatic carbocycles. The second-order valence-electron chi connectivity index (χ2n) is 5.99. The lowest BCUT2D eigenvalue weighted by atomic mass is 10.1. The number of ether oxygens (including phenoxy) is 1. The van der Waals surface area contributed by atoms with Crippen molar-refractivity contribution in [2.45, 2.75) is 44.0 Å². The molecule has 2 heterocycles. The van der Waals surface area contributed by atoms with E-state index in [0.717, 1.165) is 44.8 Å². The minimum Gasteiger partial charge on any atom is -0.378 e. The van der Waals surface area contributed by atoms with Gasteiger partial charge in [0.2, 0.25) is 5.91 Å². The van der Waals surface area contributed by atoms with Crippen LogP contribution in [0.1, 0.15) is 33.1 Å². The van der Waals surface area contributed by atoms with E-state index in [2.05, 4.69) is 19.2 Å². The Balaban J connectivity index is 1.66. The highest BCUT2D eigenvalue weighted by Gasteiger charge is 2.29. The van der Waals surface area contributed by atoms with Gasteiger partial charge in [-0.25, -0.2) is 0 Å². The largest absolute Gasteiger partial charge is 0.378 e. The Kier molecular flexibility index (Phi) is 5.54. The standard InChI is InChI=1S/C14H26N2O2S/c1-14(2)11-16(8-10-19-14)13(17)5-9-18-12-3-6-15-7-4-12/h12,15H,3-11H2,1-2H3. The molecule has 0 radical (unpaired) electrons. The molecule has 0 aromatic carbocycles. The van der Waals surface area contributed by atoms with Crippen LogP contribution < -0.4 is 5.32 Å². The molecule has 2 rings (SSSR count). The van der Waals surface area contributed by atoms with Crippen molar-refractivity contribution in [1.82, 2.24) is 10.2 Å². The van der Waals surface area contributed by atoms with Crippen LogP contribution in [0, 0.1) is 0 Å². The van der Waals surface area contributed by atoms with Crippen molar-refractivity contribution in [3.05, 3.63) is 0 Å². The number of nitrogens with one attached hydrogen (secondary N) is 1. The summed E-state index contributed by atoms with van der Waals surface area (Å²) in [5, 5.41) is 3.32. The van der Waals surface area contributed by atoms with E-state index < -0.39 is 0 Å². The molecule has 0 atom stereocenters. The van der Waals surface area contributed by atoms with Gasteiger partial charge in [0.25, 0.3) is 0 Å². The molecule has 1 amide bonds. The Morgan fingerprint density at radius 1 is 1.42 bits per heavy atom. The second-order valence-corrected chi connectivity index (χ2v) is 7.80. The van der Waals surface area contributed by atoms with Gasteiger partial charge < -0.3 is 15.0 Å². The predicted octanol–water partition coefficient (Wildman–Crippen LogP) is 1.50. The summed E-state index contributed by atoms with van der Waals surface area (Å²) >= 11 is 1.96. The fourth-order valence-electron chi connectivity index (χ4n) is 2.66. The summed E-state index contributed by atoms with van der Waals surface area (Å²) in [7, 11) is 0. The summed E-state index contributed by atoms with van der Waals surface area (Å²) < 4.78 is 6.00. The molecule has 2 aliphatic rings. The number of rotatable bonds is 4. The zero-order valence-corrected chi connectivity index (χ0v) is 12.9. The molecule has 5 heteroatoms. The lowest BCUT2D eigenvalue weighted by molar-refractivity contribution is -0.133. The smallest absolute Gasteiger partial charge is 0.224 e. The first-order valence-corrected chi connectivity index (χ1v) is 8.29. The molecular formula is C14H26N2O2S. The van der Waals surface area contributed by atoms with Gasteiger partial charge in [0, 0.05) is 23.6 Å². The SMILES string of the molecule is CC1(C)CN(C(=O)CCOC2CCNCC2)CCS1. The van der Waals surface area contributed by atoms with Crippen LogP contribution in [0.4, 0.5) is 0 Å². The summed E-state index contributed by atoms with van der Waals surface area (Å²) in [6.45, 7) is 8.83. The topological polar surface area (TPSA) is 41.6 Å². The monoisotopic (exact) mass is 286 g/mol. The quantitative estimate of drug-likeness (QED) is 0.850. The molecule has 0 aromatic rings. The van der Waals surface area contributed by atoms with E-state index in [1.54, 1.807) is 0 Å². The third-order valence-electron chi connectivity index (χ3n) is 3.73. The van der Waals surface area contributed by atoms with Gasteiger partial charge in [-0.3, -0.25) is 4.79 Å². The van der Waals surface area contributed by atoms with Crippen LogP contribution in [0.25, 0.3) is 0 Å². The van der Waals surface area contributed by atoms with Crippen molar-refractivity contribution in [1.29, 1.82) is 0 Å². The third kappa shape index (κ3) is 4.97. The highest BCUT2D eigenvalue weighted by Crippen LogP contribution is 2.29. The molecule has 2 aliphatic heterocycles. The molecular weight excluding hydrogens is 260 g/mol.